The lowest BCUT2D eigenvalue weighted by atomic mass is 10.0. The van der Waals surface area contributed by atoms with Crippen molar-refractivity contribution in [2.24, 2.45) is 0 Å². The Morgan fingerprint density at radius 2 is 2.18 bits per heavy atom. The summed E-state index contributed by atoms with van der Waals surface area (Å²) in [6.45, 7) is 2.20. The number of esters is 1. The van der Waals surface area contributed by atoms with E-state index in [-0.39, 0.29) is 12.1 Å². The molecule has 0 aliphatic carbocycles. The van der Waals surface area contributed by atoms with Crippen molar-refractivity contribution < 1.29 is 9.53 Å². The van der Waals surface area contributed by atoms with Gasteiger partial charge in [0, 0.05) is 0 Å². The van der Waals surface area contributed by atoms with Crippen molar-refractivity contribution in [2.75, 3.05) is 0 Å². The van der Waals surface area contributed by atoms with E-state index in [0.717, 1.165) is 6.42 Å². The SMILES string of the molecule is CCCCCC[C@@H]1CC(=O)O1. The summed E-state index contributed by atoms with van der Waals surface area (Å²) in [5, 5.41) is 0. The standard InChI is InChI=1S/C9H16O2/c1-2-3-4-5-6-8-7-9(10)11-8/h8H,2-7H2,1H3/t8-/m1/s1. The van der Waals surface area contributed by atoms with E-state index >= 15 is 0 Å². The molecular formula is C9H16O2. The van der Waals surface area contributed by atoms with Gasteiger partial charge in [0.15, 0.2) is 0 Å². The monoisotopic (exact) mass is 156 g/mol. The molecule has 0 N–H and O–H groups in total. The van der Waals surface area contributed by atoms with Crippen LogP contribution in [0, 0.1) is 0 Å². The Labute approximate surface area is 67.9 Å². The fourth-order valence-corrected chi connectivity index (χ4v) is 1.32. The van der Waals surface area contributed by atoms with E-state index in [1.807, 2.05) is 0 Å². The van der Waals surface area contributed by atoms with E-state index in [1.54, 1.807) is 0 Å². The Hall–Kier alpha value is -0.530. The molecule has 64 valence electrons. The maximum Gasteiger partial charge on any atom is 0.309 e. The van der Waals surface area contributed by atoms with Crippen LogP contribution >= 0.6 is 0 Å². The second kappa shape index (κ2) is 4.37. The van der Waals surface area contributed by atoms with Crippen molar-refractivity contribution in [3.8, 4) is 0 Å². The van der Waals surface area contributed by atoms with Gasteiger partial charge in [-0.05, 0) is 12.8 Å². The lowest BCUT2D eigenvalue weighted by Crippen LogP contribution is -2.32. The van der Waals surface area contributed by atoms with Crippen molar-refractivity contribution >= 4 is 5.97 Å². The minimum Gasteiger partial charge on any atom is -0.462 e. The van der Waals surface area contributed by atoms with Gasteiger partial charge in [-0.2, -0.15) is 0 Å². The van der Waals surface area contributed by atoms with E-state index in [1.165, 1.54) is 25.7 Å². The van der Waals surface area contributed by atoms with Crippen LogP contribution in [-0.2, 0) is 9.53 Å². The normalized spacial score (nSPS) is 22.6. The average Bonchev–Trinajstić information content (AvgIpc) is 1.94. The van der Waals surface area contributed by atoms with Gasteiger partial charge in [-0.25, -0.2) is 0 Å². The molecule has 1 atom stereocenters. The summed E-state index contributed by atoms with van der Waals surface area (Å²) in [7, 11) is 0. The third kappa shape index (κ3) is 2.91. The summed E-state index contributed by atoms with van der Waals surface area (Å²) in [5.74, 6) is -0.0227. The molecule has 1 aliphatic rings. The summed E-state index contributed by atoms with van der Waals surface area (Å²) in [4.78, 5) is 10.4. The quantitative estimate of drug-likeness (QED) is 0.451. The minimum absolute atomic E-state index is 0.0227. The topological polar surface area (TPSA) is 26.3 Å². The first-order valence-corrected chi connectivity index (χ1v) is 4.52. The number of hydrogen-bond acceptors (Lipinski definition) is 2. The zero-order valence-corrected chi connectivity index (χ0v) is 7.14. The molecule has 0 bridgehead atoms. The number of rotatable bonds is 5. The fourth-order valence-electron chi connectivity index (χ4n) is 1.32. The minimum atomic E-state index is -0.0227. The molecule has 2 heteroatoms. The zero-order valence-electron chi connectivity index (χ0n) is 7.14. The number of carbonyl (C=O) groups is 1. The van der Waals surface area contributed by atoms with Crippen molar-refractivity contribution in [2.45, 2.75) is 51.6 Å². The third-order valence-electron chi connectivity index (χ3n) is 2.07. The second-order valence-electron chi connectivity index (χ2n) is 3.17. The fraction of sp³-hybridized carbons (Fsp3) is 0.889. The predicted molar refractivity (Wildman–Crippen MR) is 43.3 cm³/mol. The molecule has 1 fully saturated rings. The first-order chi connectivity index (χ1) is 5.33. The molecule has 11 heavy (non-hydrogen) atoms. The number of ether oxygens (including phenoxy) is 1. The van der Waals surface area contributed by atoms with Crippen LogP contribution in [0.4, 0.5) is 0 Å². The summed E-state index contributed by atoms with van der Waals surface area (Å²) >= 11 is 0. The Kier molecular flexibility index (Phi) is 3.40. The lowest BCUT2D eigenvalue weighted by molar-refractivity contribution is -0.169. The third-order valence-corrected chi connectivity index (χ3v) is 2.07. The van der Waals surface area contributed by atoms with Crippen molar-refractivity contribution in [3.63, 3.8) is 0 Å². The molecule has 1 rings (SSSR count). The van der Waals surface area contributed by atoms with Crippen LogP contribution in [-0.4, -0.2) is 12.1 Å². The van der Waals surface area contributed by atoms with Crippen molar-refractivity contribution in [3.05, 3.63) is 0 Å². The first kappa shape index (κ1) is 8.57. The van der Waals surface area contributed by atoms with Gasteiger partial charge in [0.2, 0.25) is 0 Å². The number of cyclic esters (lactones) is 1. The van der Waals surface area contributed by atoms with E-state index in [4.69, 9.17) is 4.74 Å². The molecular weight excluding hydrogens is 140 g/mol. The smallest absolute Gasteiger partial charge is 0.309 e. The molecule has 1 aliphatic heterocycles. The number of unbranched alkanes of at least 4 members (excludes halogenated alkanes) is 3. The van der Waals surface area contributed by atoms with Crippen LogP contribution in [0.3, 0.4) is 0 Å². The summed E-state index contributed by atoms with van der Waals surface area (Å²) < 4.78 is 4.88. The predicted octanol–water partition coefficient (Wildman–Crippen LogP) is 2.27. The van der Waals surface area contributed by atoms with E-state index < -0.39 is 0 Å². The molecule has 0 saturated carbocycles. The molecule has 0 unspecified atom stereocenters. The highest BCUT2D eigenvalue weighted by atomic mass is 16.6. The lowest BCUT2D eigenvalue weighted by Gasteiger charge is -2.25. The van der Waals surface area contributed by atoms with Crippen molar-refractivity contribution in [1.29, 1.82) is 0 Å². The molecule has 0 aromatic heterocycles. The molecule has 0 spiro atoms. The van der Waals surface area contributed by atoms with Crippen LogP contribution in [0.25, 0.3) is 0 Å². The highest BCUT2D eigenvalue weighted by Gasteiger charge is 2.27. The van der Waals surface area contributed by atoms with Gasteiger partial charge < -0.3 is 4.74 Å². The van der Waals surface area contributed by atoms with Gasteiger partial charge in [0.05, 0.1) is 6.42 Å². The van der Waals surface area contributed by atoms with Gasteiger partial charge in [-0.15, -0.1) is 0 Å². The molecule has 0 aromatic rings. The Morgan fingerprint density at radius 1 is 1.45 bits per heavy atom. The summed E-state index contributed by atoms with van der Waals surface area (Å²) in [6, 6.07) is 0. The second-order valence-corrected chi connectivity index (χ2v) is 3.17. The first-order valence-electron chi connectivity index (χ1n) is 4.52. The summed E-state index contributed by atoms with van der Waals surface area (Å²) in [6.07, 6.45) is 7.07. The van der Waals surface area contributed by atoms with Crippen LogP contribution in [0.2, 0.25) is 0 Å². The molecule has 0 aromatic carbocycles. The van der Waals surface area contributed by atoms with E-state index in [0.29, 0.717) is 6.42 Å². The molecule has 0 radical (unpaired) electrons. The Balaban J connectivity index is 1.85. The maximum absolute atomic E-state index is 10.4. The molecule has 1 heterocycles. The van der Waals surface area contributed by atoms with Gasteiger partial charge in [-0.3, -0.25) is 4.79 Å². The largest absolute Gasteiger partial charge is 0.462 e. The molecule has 1 saturated heterocycles. The van der Waals surface area contributed by atoms with Gasteiger partial charge in [0.25, 0.3) is 0 Å². The van der Waals surface area contributed by atoms with Gasteiger partial charge in [-0.1, -0.05) is 26.2 Å². The highest BCUT2D eigenvalue weighted by molar-refractivity contribution is 5.75. The average molecular weight is 156 g/mol. The summed E-state index contributed by atoms with van der Waals surface area (Å²) in [5.41, 5.74) is 0. The Bertz CT molecular complexity index is 124. The number of hydrogen-bond donors (Lipinski definition) is 0. The van der Waals surface area contributed by atoms with Gasteiger partial charge in [0.1, 0.15) is 6.10 Å². The number of carbonyl (C=O) groups excluding carboxylic acids is 1. The Morgan fingerprint density at radius 3 is 2.73 bits per heavy atom. The zero-order chi connectivity index (χ0) is 8.10. The van der Waals surface area contributed by atoms with Crippen LogP contribution < -0.4 is 0 Å². The van der Waals surface area contributed by atoms with Crippen molar-refractivity contribution in [1.82, 2.24) is 0 Å². The highest BCUT2D eigenvalue weighted by Crippen LogP contribution is 2.19. The molecule has 0 amide bonds. The molecule has 2 nitrogen and oxygen atoms in total. The van der Waals surface area contributed by atoms with Crippen LogP contribution in [0.5, 0.6) is 0 Å². The van der Waals surface area contributed by atoms with Crippen LogP contribution in [0.15, 0.2) is 0 Å². The maximum atomic E-state index is 10.4. The van der Waals surface area contributed by atoms with Crippen LogP contribution in [0.1, 0.15) is 45.4 Å². The van der Waals surface area contributed by atoms with E-state index in [2.05, 4.69) is 6.92 Å². The van der Waals surface area contributed by atoms with Gasteiger partial charge >= 0.3 is 5.97 Å². The van der Waals surface area contributed by atoms with E-state index in [9.17, 15) is 4.79 Å².